The zero-order valence-corrected chi connectivity index (χ0v) is 10.2. The van der Waals surface area contributed by atoms with Gasteiger partial charge in [0.1, 0.15) is 0 Å². The van der Waals surface area contributed by atoms with Crippen LogP contribution in [0.25, 0.3) is 21.6 Å². The van der Waals surface area contributed by atoms with Gasteiger partial charge in [-0.1, -0.05) is 5.11 Å². The third-order valence-corrected chi connectivity index (χ3v) is 2.71. The number of azide groups is 1. The molecule has 0 aromatic carbocycles. The molecule has 5 N–H and O–H groups in total. The third-order valence-electron chi connectivity index (χ3n) is 2.71. The monoisotopic (exact) mass is 280 g/mol. The van der Waals surface area contributed by atoms with Crippen LogP contribution in [0.2, 0.25) is 0 Å². The Balaban J connectivity index is 2.42. The zero-order valence-electron chi connectivity index (χ0n) is 10.2. The molecular weight excluding hydrogens is 268 g/mol. The molecule has 0 saturated heterocycles. The van der Waals surface area contributed by atoms with E-state index in [1.54, 1.807) is 0 Å². The number of aromatic amines is 1. The molecule has 0 aliphatic heterocycles. The van der Waals surface area contributed by atoms with E-state index < -0.39 is 24.3 Å². The minimum atomic E-state index is -1.23. The average Bonchev–Trinajstić information content (AvgIpc) is 2.80. The highest BCUT2D eigenvalue weighted by Gasteiger charge is 2.19. The Bertz CT molecular complexity index is 716. The first-order valence-electron chi connectivity index (χ1n) is 5.60. The number of fused-ring (bicyclic) bond motifs is 1. The Morgan fingerprint density at radius 1 is 1.65 bits per heavy atom. The maximum atomic E-state index is 11.6. The summed E-state index contributed by atoms with van der Waals surface area (Å²) in [6, 6.07) is -0.926. The molecule has 106 valence electrons. The summed E-state index contributed by atoms with van der Waals surface area (Å²) >= 11 is 0. The molecule has 11 heteroatoms. The molecule has 0 radical (unpaired) electrons. The van der Waals surface area contributed by atoms with Gasteiger partial charge in [0.05, 0.1) is 25.1 Å². The number of aliphatic hydroxyl groups excluding tert-OH is 2. The number of nitrogens with one attached hydrogen (secondary N) is 1. The Morgan fingerprint density at radius 2 is 2.40 bits per heavy atom. The standard InChI is InChI=1S/C9H12N8O3/c10-9-13-7-6(8(20)14-9)12-3-17(7)1-4(15-16-11)5(19)2-18/h3-5,18-19H,1-2H2,(H3,10,13,14,20)/t4-,5+/m0/s1. The number of nitrogen functional groups attached to an aromatic ring is 1. The zero-order chi connectivity index (χ0) is 14.7. The lowest BCUT2D eigenvalue weighted by Gasteiger charge is -2.16. The van der Waals surface area contributed by atoms with Gasteiger partial charge in [0, 0.05) is 11.5 Å². The van der Waals surface area contributed by atoms with E-state index in [1.165, 1.54) is 10.9 Å². The summed E-state index contributed by atoms with van der Waals surface area (Å²) in [5, 5.41) is 21.9. The molecule has 2 heterocycles. The smallest absolute Gasteiger partial charge is 0.280 e. The lowest BCUT2D eigenvalue weighted by atomic mass is 10.2. The van der Waals surface area contributed by atoms with Crippen LogP contribution < -0.4 is 11.3 Å². The Labute approximate surface area is 111 Å². The largest absolute Gasteiger partial charge is 0.394 e. The molecule has 0 bridgehead atoms. The number of hydrogen-bond donors (Lipinski definition) is 4. The number of anilines is 1. The van der Waals surface area contributed by atoms with Crippen molar-refractivity contribution in [1.29, 1.82) is 0 Å². The number of imidazole rings is 1. The second kappa shape index (κ2) is 5.57. The number of H-pyrrole nitrogens is 1. The van der Waals surface area contributed by atoms with Gasteiger partial charge in [0.2, 0.25) is 5.95 Å². The number of nitrogens with two attached hydrogens (primary N) is 1. The van der Waals surface area contributed by atoms with Gasteiger partial charge in [-0.3, -0.25) is 9.78 Å². The van der Waals surface area contributed by atoms with Crippen LogP contribution in [0.4, 0.5) is 5.95 Å². The predicted molar refractivity (Wildman–Crippen MR) is 68.6 cm³/mol. The Kier molecular flexibility index (Phi) is 3.84. The first-order chi connectivity index (χ1) is 9.56. The highest BCUT2D eigenvalue weighted by atomic mass is 16.3. The van der Waals surface area contributed by atoms with E-state index in [0.717, 1.165) is 0 Å². The van der Waals surface area contributed by atoms with E-state index in [4.69, 9.17) is 16.4 Å². The van der Waals surface area contributed by atoms with Gasteiger partial charge in [-0.15, -0.1) is 0 Å². The van der Waals surface area contributed by atoms with E-state index in [0.29, 0.717) is 0 Å². The number of nitrogens with zero attached hydrogens (tertiary/aromatic N) is 6. The Morgan fingerprint density at radius 3 is 3.05 bits per heavy atom. The molecule has 0 aliphatic carbocycles. The highest BCUT2D eigenvalue weighted by Crippen LogP contribution is 2.10. The second-order valence-electron chi connectivity index (χ2n) is 4.04. The first kappa shape index (κ1) is 13.8. The number of hydrogen-bond acceptors (Lipinski definition) is 7. The summed E-state index contributed by atoms with van der Waals surface area (Å²) in [5.74, 6) is -0.0766. The van der Waals surface area contributed by atoms with Gasteiger partial charge < -0.3 is 20.5 Å². The van der Waals surface area contributed by atoms with Crippen LogP contribution in [0, 0.1) is 0 Å². The molecule has 0 fully saturated rings. The minimum absolute atomic E-state index is 0.00181. The van der Waals surface area contributed by atoms with Crippen LogP contribution in [0.15, 0.2) is 16.2 Å². The summed E-state index contributed by atoms with van der Waals surface area (Å²) in [6.07, 6.45) is 0.0822. The summed E-state index contributed by atoms with van der Waals surface area (Å²) in [5.41, 5.74) is 13.7. The maximum absolute atomic E-state index is 11.6. The van der Waals surface area contributed by atoms with Gasteiger partial charge in [0.15, 0.2) is 11.2 Å². The average molecular weight is 280 g/mol. The summed E-state index contributed by atoms with van der Waals surface area (Å²) in [7, 11) is 0. The summed E-state index contributed by atoms with van der Waals surface area (Å²) < 4.78 is 1.42. The molecular formula is C9H12N8O3. The molecule has 20 heavy (non-hydrogen) atoms. The molecule has 2 aromatic heterocycles. The van der Waals surface area contributed by atoms with E-state index in [-0.39, 0.29) is 23.7 Å². The van der Waals surface area contributed by atoms with Crippen molar-refractivity contribution in [1.82, 2.24) is 19.5 Å². The first-order valence-corrected chi connectivity index (χ1v) is 5.60. The summed E-state index contributed by atoms with van der Waals surface area (Å²) in [6.45, 7) is -0.565. The van der Waals surface area contributed by atoms with Crippen LogP contribution in [0.5, 0.6) is 0 Å². The van der Waals surface area contributed by atoms with Crippen LogP contribution in [0.1, 0.15) is 0 Å². The van der Waals surface area contributed by atoms with Crippen molar-refractivity contribution in [3.63, 3.8) is 0 Å². The third kappa shape index (κ3) is 2.54. The van der Waals surface area contributed by atoms with Crippen molar-refractivity contribution in [2.75, 3.05) is 12.3 Å². The summed E-state index contributed by atoms with van der Waals surface area (Å²) in [4.78, 5) is 24.3. The number of aliphatic hydroxyl groups is 2. The van der Waals surface area contributed by atoms with Gasteiger partial charge in [0.25, 0.3) is 5.56 Å². The molecule has 0 saturated carbocycles. The fraction of sp³-hybridized carbons (Fsp3) is 0.444. The fourth-order valence-corrected chi connectivity index (χ4v) is 1.73. The molecule has 2 atom stereocenters. The van der Waals surface area contributed by atoms with Gasteiger partial charge >= 0.3 is 0 Å². The molecule has 0 unspecified atom stereocenters. The van der Waals surface area contributed by atoms with Crippen LogP contribution in [-0.2, 0) is 6.54 Å². The van der Waals surface area contributed by atoms with Crippen molar-refractivity contribution in [3.8, 4) is 0 Å². The van der Waals surface area contributed by atoms with Crippen molar-refractivity contribution < 1.29 is 10.2 Å². The van der Waals surface area contributed by atoms with E-state index >= 15 is 0 Å². The predicted octanol–water partition coefficient (Wildman–Crippen LogP) is -1.27. The van der Waals surface area contributed by atoms with Gasteiger partial charge in [-0.05, 0) is 5.53 Å². The molecule has 2 rings (SSSR count). The van der Waals surface area contributed by atoms with Crippen molar-refractivity contribution >= 4 is 17.1 Å². The maximum Gasteiger partial charge on any atom is 0.280 e. The molecule has 0 spiro atoms. The molecule has 2 aromatic rings. The quantitative estimate of drug-likeness (QED) is 0.301. The van der Waals surface area contributed by atoms with E-state index in [2.05, 4.69) is 25.0 Å². The lowest BCUT2D eigenvalue weighted by Crippen LogP contribution is -2.31. The minimum Gasteiger partial charge on any atom is -0.394 e. The van der Waals surface area contributed by atoms with Crippen LogP contribution in [-0.4, -0.2) is 48.5 Å². The Hall–Kier alpha value is -2.62. The highest BCUT2D eigenvalue weighted by molar-refractivity contribution is 5.70. The lowest BCUT2D eigenvalue weighted by molar-refractivity contribution is 0.0698. The second-order valence-corrected chi connectivity index (χ2v) is 4.04. The number of rotatable bonds is 5. The molecule has 0 aliphatic rings. The molecule has 0 amide bonds. The van der Waals surface area contributed by atoms with Crippen molar-refractivity contribution in [3.05, 3.63) is 27.1 Å². The SMILES string of the molecule is [N-]=[N+]=N[C@@H](Cn1cnc2c(=O)[nH]c(N)nc21)[C@H](O)CO. The number of aromatic nitrogens is 4. The van der Waals surface area contributed by atoms with Crippen molar-refractivity contribution in [2.45, 2.75) is 18.7 Å². The van der Waals surface area contributed by atoms with Crippen LogP contribution in [0.3, 0.4) is 0 Å². The van der Waals surface area contributed by atoms with E-state index in [1.807, 2.05) is 0 Å². The normalized spacial score (nSPS) is 13.9. The van der Waals surface area contributed by atoms with Crippen molar-refractivity contribution in [2.24, 2.45) is 5.11 Å². The van der Waals surface area contributed by atoms with Gasteiger partial charge in [-0.25, -0.2) is 4.98 Å². The van der Waals surface area contributed by atoms with Crippen LogP contribution >= 0.6 is 0 Å². The van der Waals surface area contributed by atoms with E-state index in [9.17, 15) is 9.90 Å². The topological polar surface area (TPSA) is 179 Å². The molecule has 11 nitrogen and oxygen atoms in total. The van der Waals surface area contributed by atoms with Gasteiger partial charge in [-0.2, -0.15) is 4.98 Å². The fourth-order valence-electron chi connectivity index (χ4n) is 1.73.